The van der Waals surface area contributed by atoms with Crippen LogP contribution in [0.15, 0.2) is 28.9 Å². The lowest BCUT2D eigenvalue weighted by Crippen LogP contribution is -1.85. The topological polar surface area (TPSA) is 55.9 Å². The maximum atomic E-state index is 5.65. The first kappa shape index (κ1) is 10.8. The minimum atomic E-state index is 0.531. The van der Waals surface area contributed by atoms with Crippen molar-refractivity contribution in [2.24, 2.45) is 7.05 Å². The zero-order chi connectivity index (χ0) is 12.7. The number of nitrogens with zero attached hydrogens (tertiary/aromatic N) is 3. The lowest BCUT2D eigenvalue weighted by atomic mass is 10.1. The normalized spacial score (nSPS) is 11.1. The number of anilines is 1. The molecule has 0 aliphatic heterocycles. The van der Waals surface area contributed by atoms with Gasteiger partial charge in [0.1, 0.15) is 0 Å². The summed E-state index contributed by atoms with van der Waals surface area (Å²) in [6.45, 7) is 1.93. The molecule has 0 radical (unpaired) electrons. The van der Waals surface area contributed by atoms with Crippen LogP contribution < -0.4 is 5.32 Å². The monoisotopic (exact) mass is 242 g/mol. The molecule has 2 heterocycles. The summed E-state index contributed by atoms with van der Waals surface area (Å²) in [4.78, 5) is 8.63. The van der Waals surface area contributed by atoms with Gasteiger partial charge in [-0.25, -0.2) is 4.98 Å². The maximum absolute atomic E-state index is 5.65. The first-order chi connectivity index (χ1) is 8.69. The summed E-state index contributed by atoms with van der Waals surface area (Å²) in [5.41, 5.74) is 3.92. The smallest absolute Gasteiger partial charge is 0.295 e. The fraction of sp³-hybridized carbons (Fsp3) is 0.231. The molecule has 0 aliphatic carbocycles. The average molecular weight is 242 g/mol. The highest BCUT2D eigenvalue weighted by Crippen LogP contribution is 2.28. The van der Waals surface area contributed by atoms with Gasteiger partial charge in [-0.05, 0) is 25.1 Å². The first-order valence-electron chi connectivity index (χ1n) is 5.75. The van der Waals surface area contributed by atoms with Crippen LogP contribution in [0, 0.1) is 6.92 Å². The van der Waals surface area contributed by atoms with E-state index in [0.29, 0.717) is 6.01 Å². The Hall–Kier alpha value is -2.30. The lowest BCUT2D eigenvalue weighted by molar-refractivity contribution is 0.589. The fourth-order valence-corrected chi connectivity index (χ4v) is 2.05. The molecule has 3 rings (SSSR count). The molecule has 0 amide bonds. The van der Waals surface area contributed by atoms with Crippen molar-refractivity contribution in [1.29, 1.82) is 0 Å². The van der Waals surface area contributed by atoms with Crippen molar-refractivity contribution < 1.29 is 4.42 Å². The van der Waals surface area contributed by atoms with Gasteiger partial charge in [-0.1, -0.05) is 0 Å². The molecule has 0 unspecified atom stereocenters. The Morgan fingerprint density at radius 1 is 1.33 bits per heavy atom. The molecule has 5 nitrogen and oxygen atoms in total. The average Bonchev–Trinajstić information content (AvgIpc) is 2.93. The van der Waals surface area contributed by atoms with E-state index in [2.05, 4.69) is 15.3 Å². The maximum Gasteiger partial charge on any atom is 0.295 e. The van der Waals surface area contributed by atoms with Crippen molar-refractivity contribution in [3.63, 3.8) is 0 Å². The van der Waals surface area contributed by atoms with Crippen LogP contribution in [0.1, 0.15) is 5.69 Å². The Morgan fingerprint density at radius 2 is 2.17 bits per heavy atom. The number of imidazole rings is 1. The van der Waals surface area contributed by atoms with Gasteiger partial charge in [-0.15, -0.1) is 0 Å². The van der Waals surface area contributed by atoms with Gasteiger partial charge in [-0.3, -0.25) is 0 Å². The molecular weight excluding hydrogens is 228 g/mol. The van der Waals surface area contributed by atoms with Gasteiger partial charge in [-0.2, -0.15) is 4.98 Å². The van der Waals surface area contributed by atoms with Crippen LogP contribution in [0.4, 0.5) is 6.01 Å². The number of oxazole rings is 1. The van der Waals surface area contributed by atoms with Crippen LogP contribution in [0.2, 0.25) is 0 Å². The minimum Gasteiger partial charge on any atom is -0.423 e. The van der Waals surface area contributed by atoms with E-state index in [-0.39, 0.29) is 0 Å². The molecule has 0 atom stereocenters. The SMILES string of the molecule is CNc1nc(C)c(-c2ccc3c(c2)ncn3C)o1. The number of fused-ring (bicyclic) bond motifs is 1. The van der Waals surface area contributed by atoms with Gasteiger partial charge in [0.15, 0.2) is 5.76 Å². The molecule has 5 heteroatoms. The van der Waals surface area contributed by atoms with Crippen molar-refractivity contribution in [2.75, 3.05) is 12.4 Å². The molecule has 2 aromatic heterocycles. The molecular formula is C13H14N4O. The third-order valence-electron chi connectivity index (χ3n) is 3.00. The Balaban J connectivity index is 2.15. The molecule has 0 fully saturated rings. The van der Waals surface area contributed by atoms with E-state index < -0.39 is 0 Å². The quantitative estimate of drug-likeness (QED) is 0.750. The van der Waals surface area contributed by atoms with Crippen LogP contribution in [0.25, 0.3) is 22.4 Å². The van der Waals surface area contributed by atoms with Crippen LogP contribution in [-0.4, -0.2) is 21.6 Å². The number of nitrogens with one attached hydrogen (secondary N) is 1. The molecule has 0 aliphatic rings. The second-order valence-corrected chi connectivity index (χ2v) is 4.24. The molecule has 0 saturated heterocycles. The number of rotatable bonds is 2. The van der Waals surface area contributed by atoms with E-state index >= 15 is 0 Å². The molecule has 1 N–H and O–H groups in total. The van der Waals surface area contributed by atoms with E-state index in [1.54, 1.807) is 13.4 Å². The number of aromatic nitrogens is 3. The van der Waals surface area contributed by atoms with E-state index in [1.165, 1.54) is 0 Å². The third-order valence-corrected chi connectivity index (χ3v) is 3.00. The summed E-state index contributed by atoms with van der Waals surface area (Å²) in [5.74, 6) is 0.784. The lowest BCUT2D eigenvalue weighted by Gasteiger charge is -1.99. The highest BCUT2D eigenvalue weighted by atomic mass is 16.4. The van der Waals surface area contributed by atoms with Crippen LogP contribution in [0.3, 0.4) is 0 Å². The standard InChI is InChI=1S/C13H14N4O/c1-8-12(18-13(14-2)16-8)9-4-5-11-10(6-9)15-7-17(11)3/h4-7H,1-3H3,(H,14,16). The van der Waals surface area contributed by atoms with E-state index in [0.717, 1.165) is 28.1 Å². The fourth-order valence-electron chi connectivity index (χ4n) is 2.05. The van der Waals surface area contributed by atoms with E-state index in [4.69, 9.17) is 4.42 Å². The largest absolute Gasteiger partial charge is 0.423 e. The van der Waals surface area contributed by atoms with Crippen LogP contribution in [0.5, 0.6) is 0 Å². The van der Waals surface area contributed by atoms with Crippen molar-refractivity contribution in [1.82, 2.24) is 14.5 Å². The predicted octanol–water partition coefficient (Wildman–Crippen LogP) is 2.58. The zero-order valence-electron chi connectivity index (χ0n) is 10.6. The summed E-state index contributed by atoms with van der Waals surface area (Å²) < 4.78 is 7.64. The zero-order valence-corrected chi connectivity index (χ0v) is 10.6. The molecule has 3 aromatic rings. The summed E-state index contributed by atoms with van der Waals surface area (Å²) in [7, 11) is 3.77. The molecule has 0 saturated carbocycles. The van der Waals surface area contributed by atoms with E-state index in [1.807, 2.05) is 36.7 Å². The second-order valence-electron chi connectivity index (χ2n) is 4.24. The second kappa shape index (κ2) is 3.87. The number of hydrogen-bond donors (Lipinski definition) is 1. The van der Waals surface area contributed by atoms with E-state index in [9.17, 15) is 0 Å². The Bertz CT molecular complexity index is 711. The molecule has 0 spiro atoms. The molecule has 0 bridgehead atoms. The first-order valence-corrected chi connectivity index (χ1v) is 5.75. The summed E-state index contributed by atoms with van der Waals surface area (Å²) in [5, 5.41) is 2.90. The van der Waals surface area contributed by atoms with Gasteiger partial charge in [0, 0.05) is 19.7 Å². The van der Waals surface area contributed by atoms with Gasteiger partial charge in [0.05, 0.1) is 23.1 Å². The van der Waals surface area contributed by atoms with Crippen molar-refractivity contribution in [2.45, 2.75) is 6.92 Å². The number of benzene rings is 1. The Morgan fingerprint density at radius 3 is 2.89 bits per heavy atom. The number of hydrogen-bond acceptors (Lipinski definition) is 4. The Labute approximate surface area is 104 Å². The van der Waals surface area contributed by atoms with Crippen molar-refractivity contribution >= 4 is 17.0 Å². The van der Waals surface area contributed by atoms with Gasteiger partial charge in [0.25, 0.3) is 6.01 Å². The number of aryl methyl sites for hydroxylation is 2. The van der Waals surface area contributed by atoms with Crippen LogP contribution in [-0.2, 0) is 7.05 Å². The molecule has 18 heavy (non-hydrogen) atoms. The molecule has 92 valence electrons. The van der Waals surface area contributed by atoms with Gasteiger partial charge >= 0.3 is 0 Å². The summed E-state index contributed by atoms with van der Waals surface area (Å²) in [6.07, 6.45) is 1.81. The van der Waals surface area contributed by atoms with Crippen molar-refractivity contribution in [3.05, 3.63) is 30.2 Å². The van der Waals surface area contributed by atoms with Crippen molar-refractivity contribution in [3.8, 4) is 11.3 Å². The van der Waals surface area contributed by atoms with Gasteiger partial charge < -0.3 is 14.3 Å². The molecule has 1 aromatic carbocycles. The minimum absolute atomic E-state index is 0.531. The Kier molecular flexibility index (Phi) is 2.33. The third kappa shape index (κ3) is 1.55. The van der Waals surface area contributed by atoms with Crippen LogP contribution >= 0.6 is 0 Å². The summed E-state index contributed by atoms with van der Waals surface area (Å²) >= 11 is 0. The summed E-state index contributed by atoms with van der Waals surface area (Å²) in [6, 6.07) is 6.61. The highest BCUT2D eigenvalue weighted by Gasteiger charge is 2.12. The van der Waals surface area contributed by atoms with Gasteiger partial charge in [0.2, 0.25) is 0 Å². The predicted molar refractivity (Wildman–Crippen MR) is 70.5 cm³/mol. The highest BCUT2D eigenvalue weighted by molar-refractivity contribution is 5.81.